The van der Waals surface area contributed by atoms with E-state index >= 15 is 0 Å². The average molecular weight is 226 g/mol. The summed E-state index contributed by atoms with van der Waals surface area (Å²) in [5.41, 5.74) is 5.49. The monoisotopic (exact) mass is 226 g/mol. The number of hydrogen-bond donors (Lipinski definition) is 1. The van der Waals surface area contributed by atoms with Gasteiger partial charge in [-0.15, -0.1) is 0 Å². The first-order valence-corrected chi connectivity index (χ1v) is 5.08. The van der Waals surface area contributed by atoms with E-state index in [1.54, 1.807) is 26.6 Å². The highest BCUT2D eigenvalue weighted by molar-refractivity contribution is 5.39. The first-order valence-electron chi connectivity index (χ1n) is 5.08. The number of nitrogen functional groups attached to an aromatic ring is 1. The Morgan fingerprint density at radius 3 is 2.19 bits per heavy atom. The third-order valence-electron chi connectivity index (χ3n) is 2.11. The second-order valence-corrected chi connectivity index (χ2v) is 3.27. The van der Waals surface area contributed by atoms with E-state index in [0.717, 1.165) is 18.9 Å². The molecule has 2 N–H and O–H groups in total. The number of ether oxygens (including phenoxy) is 2. The van der Waals surface area contributed by atoms with Crippen molar-refractivity contribution in [2.45, 2.75) is 0 Å². The molecule has 90 valence electrons. The normalized spacial score (nSPS) is 10.4. The molecule has 0 aliphatic heterocycles. The van der Waals surface area contributed by atoms with E-state index < -0.39 is 0 Å². The van der Waals surface area contributed by atoms with E-state index in [9.17, 15) is 0 Å². The highest BCUT2D eigenvalue weighted by Crippen LogP contribution is 2.08. The van der Waals surface area contributed by atoms with Gasteiger partial charge in [0.25, 0.3) is 0 Å². The third kappa shape index (κ3) is 4.00. The van der Waals surface area contributed by atoms with Crippen molar-refractivity contribution in [3.8, 4) is 0 Å². The number of methoxy groups -OCH3 is 2. The summed E-state index contributed by atoms with van der Waals surface area (Å²) >= 11 is 0. The Kier molecular flexibility index (Phi) is 5.52. The number of hydrogen-bond acceptors (Lipinski definition) is 6. The Hall–Kier alpha value is -1.40. The van der Waals surface area contributed by atoms with Crippen LogP contribution in [0.2, 0.25) is 0 Å². The van der Waals surface area contributed by atoms with Gasteiger partial charge < -0.3 is 20.1 Å². The number of nitrogens with zero attached hydrogens (tertiary/aromatic N) is 3. The molecular formula is C10H18N4O2. The zero-order chi connectivity index (χ0) is 11.8. The van der Waals surface area contributed by atoms with Gasteiger partial charge in [-0.2, -0.15) is 0 Å². The van der Waals surface area contributed by atoms with Gasteiger partial charge in [-0.25, -0.2) is 9.97 Å². The second kappa shape index (κ2) is 6.97. The molecule has 0 aliphatic rings. The van der Waals surface area contributed by atoms with Crippen LogP contribution in [-0.2, 0) is 9.47 Å². The number of nitrogens with two attached hydrogens (primary N) is 1. The van der Waals surface area contributed by atoms with E-state index in [1.165, 1.54) is 0 Å². The van der Waals surface area contributed by atoms with Gasteiger partial charge in [-0.3, -0.25) is 0 Å². The minimum atomic E-state index is 0.419. The van der Waals surface area contributed by atoms with Crippen LogP contribution in [0.15, 0.2) is 12.4 Å². The Morgan fingerprint density at radius 1 is 1.12 bits per heavy atom. The van der Waals surface area contributed by atoms with Crippen LogP contribution in [0, 0.1) is 0 Å². The maximum Gasteiger partial charge on any atom is 0.147 e. The quantitative estimate of drug-likeness (QED) is 0.714. The van der Waals surface area contributed by atoms with Crippen LogP contribution in [0.5, 0.6) is 0 Å². The van der Waals surface area contributed by atoms with Gasteiger partial charge in [0.2, 0.25) is 0 Å². The van der Waals surface area contributed by atoms with E-state index in [0.29, 0.717) is 19.0 Å². The number of anilines is 2. The molecule has 1 aromatic heterocycles. The topological polar surface area (TPSA) is 73.5 Å². The summed E-state index contributed by atoms with van der Waals surface area (Å²) < 4.78 is 10.1. The summed E-state index contributed by atoms with van der Waals surface area (Å²) in [4.78, 5) is 10.3. The van der Waals surface area contributed by atoms with Crippen LogP contribution >= 0.6 is 0 Å². The molecular weight excluding hydrogens is 208 g/mol. The van der Waals surface area contributed by atoms with Crippen molar-refractivity contribution < 1.29 is 9.47 Å². The van der Waals surface area contributed by atoms with Crippen LogP contribution in [0.25, 0.3) is 0 Å². The van der Waals surface area contributed by atoms with Crippen LogP contribution < -0.4 is 10.6 Å². The minimum absolute atomic E-state index is 0.419. The van der Waals surface area contributed by atoms with Crippen molar-refractivity contribution in [1.82, 2.24) is 9.97 Å². The molecule has 0 spiro atoms. The zero-order valence-electron chi connectivity index (χ0n) is 9.72. The third-order valence-corrected chi connectivity index (χ3v) is 2.11. The fourth-order valence-electron chi connectivity index (χ4n) is 1.24. The molecule has 1 aromatic rings. The fraction of sp³-hybridized carbons (Fsp3) is 0.600. The van der Waals surface area contributed by atoms with Crippen molar-refractivity contribution in [3.05, 3.63) is 12.4 Å². The molecule has 6 nitrogen and oxygen atoms in total. The van der Waals surface area contributed by atoms with Crippen LogP contribution in [0.1, 0.15) is 0 Å². The molecule has 0 saturated heterocycles. The minimum Gasteiger partial charge on any atom is -0.383 e. The highest BCUT2D eigenvalue weighted by Gasteiger charge is 2.07. The molecule has 0 atom stereocenters. The smallest absolute Gasteiger partial charge is 0.147 e. The van der Waals surface area contributed by atoms with E-state index in [1.807, 2.05) is 4.90 Å². The summed E-state index contributed by atoms with van der Waals surface area (Å²) in [6.45, 7) is 2.77. The lowest BCUT2D eigenvalue weighted by atomic mass is 10.4. The van der Waals surface area contributed by atoms with Gasteiger partial charge in [0.15, 0.2) is 0 Å². The van der Waals surface area contributed by atoms with Crippen LogP contribution in [0.4, 0.5) is 11.6 Å². The fourth-order valence-corrected chi connectivity index (χ4v) is 1.24. The molecule has 1 rings (SSSR count). The zero-order valence-corrected chi connectivity index (χ0v) is 9.72. The lowest BCUT2D eigenvalue weighted by molar-refractivity contribution is 0.190. The lowest BCUT2D eigenvalue weighted by Crippen LogP contribution is -2.31. The molecule has 0 aromatic carbocycles. The summed E-state index contributed by atoms with van der Waals surface area (Å²) in [6.07, 6.45) is 3.20. The Bertz CT molecular complexity index is 283. The van der Waals surface area contributed by atoms with E-state index in [-0.39, 0.29) is 0 Å². The van der Waals surface area contributed by atoms with Crippen molar-refractivity contribution in [1.29, 1.82) is 0 Å². The maximum absolute atomic E-state index is 5.49. The maximum atomic E-state index is 5.49. The van der Waals surface area contributed by atoms with E-state index in [4.69, 9.17) is 15.2 Å². The number of rotatable bonds is 7. The molecule has 0 unspecified atom stereocenters. The summed E-state index contributed by atoms with van der Waals surface area (Å²) in [7, 11) is 3.34. The highest BCUT2D eigenvalue weighted by atomic mass is 16.5. The van der Waals surface area contributed by atoms with Gasteiger partial charge in [-0.1, -0.05) is 0 Å². The first kappa shape index (κ1) is 12.7. The van der Waals surface area contributed by atoms with Gasteiger partial charge >= 0.3 is 0 Å². The molecule has 0 radical (unpaired) electrons. The summed E-state index contributed by atoms with van der Waals surface area (Å²) in [6, 6.07) is 0. The van der Waals surface area contributed by atoms with Crippen LogP contribution in [-0.4, -0.2) is 50.5 Å². The average Bonchev–Trinajstić information content (AvgIpc) is 2.31. The SMILES string of the molecule is COCCN(CCOC)c1cnc(N)cn1. The van der Waals surface area contributed by atoms with E-state index in [2.05, 4.69) is 9.97 Å². The molecule has 16 heavy (non-hydrogen) atoms. The van der Waals surface area contributed by atoms with Gasteiger partial charge in [0.1, 0.15) is 11.6 Å². The van der Waals surface area contributed by atoms with Crippen molar-refractivity contribution in [3.63, 3.8) is 0 Å². The lowest BCUT2D eigenvalue weighted by Gasteiger charge is -2.22. The van der Waals surface area contributed by atoms with Crippen molar-refractivity contribution in [2.75, 3.05) is 51.2 Å². The standard InChI is InChI=1S/C10H18N4O2/c1-15-5-3-14(4-6-16-2)10-8-12-9(11)7-13-10/h7-8H,3-6H2,1-2H3,(H2,11,12). The van der Waals surface area contributed by atoms with Crippen LogP contribution in [0.3, 0.4) is 0 Å². The molecule has 0 amide bonds. The molecule has 0 fully saturated rings. The van der Waals surface area contributed by atoms with Gasteiger partial charge in [0, 0.05) is 27.3 Å². The second-order valence-electron chi connectivity index (χ2n) is 3.27. The van der Waals surface area contributed by atoms with Crippen molar-refractivity contribution in [2.24, 2.45) is 0 Å². The molecule has 0 bridgehead atoms. The molecule has 6 heteroatoms. The first-order chi connectivity index (χ1) is 7.77. The van der Waals surface area contributed by atoms with Crippen molar-refractivity contribution >= 4 is 11.6 Å². The summed E-state index contributed by atoms with van der Waals surface area (Å²) in [5.74, 6) is 1.20. The predicted molar refractivity (Wildman–Crippen MR) is 62.4 cm³/mol. The molecule has 1 heterocycles. The Labute approximate surface area is 95.4 Å². The molecule has 0 saturated carbocycles. The van der Waals surface area contributed by atoms with Gasteiger partial charge in [-0.05, 0) is 0 Å². The number of aromatic nitrogens is 2. The largest absolute Gasteiger partial charge is 0.383 e. The van der Waals surface area contributed by atoms with Gasteiger partial charge in [0.05, 0.1) is 25.6 Å². The Balaban J connectivity index is 2.62. The predicted octanol–water partition coefficient (Wildman–Crippen LogP) is 0.158. The molecule has 0 aliphatic carbocycles. The summed E-state index contributed by atoms with van der Waals surface area (Å²) in [5, 5.41) is 0. The Morgan fingerprint density at radius 2 is 1.75 bits per heavy atom.